The first-order valence-electron chi connectivity index (χ1n) is 7.10. The number of nitrogens with one attached hydrogen (secondary N) is 1. The van der Waals surface area contributed by atoms with Crippen LogP contribution in [0.3, 0.4) is 0 Å². The second-order valence-corrected chi connectivity index (χ2v) is 5.88. The van der Waals surface area contributed by atoms with E-state index in [1.54, 1.807) is 0 Å². The fourth-order valence-corrected chi connectivity index (χ4v) is 3.11. The topological polar surface area (TPSA) is 38.3 Å². The summed E-state index contributed by atoms with van der Waals surface area (Å²) in [6.45, 7) is 5.00. The molecule has 2 rings (SSSR count). The summed E-state index contributed by atoms with van der Waals surface area (Å²) >= 11 is 0. The molecular formula is C14H25NO2. The lowest BCUT2D eigenvalue weighted by Crippen LogP contribution is -2.21. The third-order valence-electron chi connectivity index (χ3n) is 4.14. The first-order valence-corrected chi connectivity index (χ1v) is 7.10. The average molecular weight is 239 g/mol. The SMILES string of the molecule is CC1CCCC(COC(=O)CC2CCNC2)C1. The van der Waals surface area contributed by atoms with Crippen molar-refractivity contribution in [2.45, 2.75) is 45.4 Å². The molecule has 1 aliphatic heterocycles. The molecule has 98 valence electrons. The quantitative estimate of drug-likeness (QED) is 0.765. The highest BCUT2D eigenvalue weighted by Gasteiger charge is 2.22. The zero-order valence-electron chi connectivity index (χ0n) is 10.9. The molecule has 0 aromatic heterocycles. The maximum atomic E-state index is 11.7. The van der Waals surface area contributed by atoms with Crippen molar-refractivity contribution < 1.29 is 9.53 Å². The van der Waals surface area contributed by atoms with E-state index < -0.39 is 0 Å². The Hall–Kier alpha value is -0.570. The van der Waals surface area contributed by atoms with Crippen LogP contribution in [0.5, 0.6) is 0 Å². The second kappa shape index (κ2) is 6.39. The highest BCUT2D eigenvalue weighted by Crippen LogP contribution is 2.28. The van der Waals surface area contributed by atoms with Crippen LogP contribution in [0.2, 0.25) is 0 Å². The predicted molar refractivity (Wildman–Crippen MR) is 67.7 cm³/mol. The van der Waals surface area contributed by atoms with Crippen molar-refractivity contribution in [1.29, 1.82) is 0 Å². The molecule has 2 fully saturated rings. The number of ether oxygens (including phenoxy) is 1. The number of rotatable bonds is 4. The van der Waals surface area contributed by atoms with Crippen molar-refractivity contribution in [3.63, 3.8) is 0 Å². The lowest BCUT2D eigenvalue weighted by atomic mass is 9.83. The van der Waals surface area contributed by atoms with Gasteiger partial charge in [0.15, 0.2) is 0 Å². The first-order chi connectivity index (χ1) is 8.24. The Bertz CT molecular complexity index is 249. The minimum Gasteiger partial charge on any atom is -0.465 e. The standard InChI is InChI=1S/C14H25NO2/c1-11-3-2-4-13(7-11)10-17-14(16)8-12-5-6-15-9-12/h11-13,15H,2-10H2,1H3. The number of esters is 1. The van der Waals surface area contributed by atoms with Crippen LogP contribution < -0.4 is 5.32 Å². The monoisotopic (exact) mass is 239 g/mol. The molecule has 0 aromatic carbocycles. The summed E-state index contributed by atoms with van der Waals surface area (Å²) in [5.74, 6) is 1.94. The van der Waals surface area contributed by atoms with E-state index in [2.05, 4.69) is 12.2 Å². The number of hydrogen-bond donors (Lipinski definition) is 1. The van der Waals surface area contributed by atoms with Gasteiger partial charge in [-0.3, -0.25) is 4.79 Å². The second-order valence-electron chi connectivity index (χ2n) is 5.88. The molecule has 3 heteroatoms. The normalized spacial score (nSPS) is 33.6. The Morgan fingerprint density at radius 1 is 1.29 bits per heavy atom. The molecule has 1 aliphatic carbocycles. The van der Waals surface area contributed by atoms with Crippen LogP contribution in [0.25, 0.3) is 0 Å². The van der Waals surface area contributed by atoms with Gasteiger partial charge >= 0.3 is 5.97 Å². The van der Waals surface area contributed by atoms with Gasteiger partial charge in [0.05, 0.1) is 6.61 Å². The molecule has 0 radical (unpaired) electrons. The largest absolute Gasteiger partial charge is 0.465 e. The Labute approximate surface area is 104 Å². The summed E-state index contributed by atoms with van der Waals surface area (Å²) in [6, 6.07) is 0. The van der Waals surface area contributed by atoms with Crippen LogP contribution in [0.4, 0.5) is 0 Å². The molecule has 0 spiro atoms. The molecule has 0 bridgehead atoms. The minimum absolute atomic E-state index is 0.0110. The van der Waals surface area contributed by atoms with Crippen molar-refractivity contribution in [1.82, 2.24) is 5.32 Å². The van der Waals surface area contributed by atoms with Gasteiger partial charge in [0.25, 0.3) is 0 Å². The lowest BCUT2D eigenvalue weighted by molar-refractivity contribution is -0.146. The minimum atomic E-state index is 0.0110. The summed E-state index contributed by atoms with van der Waals surface area (Å²) in [4.78, 5) is 11.7. The van der Waals surface area contributed by atoms with Crippen LogP contribution in [0.15, 0.2) is 0 Å². The van der Waals surface area contributed by atoms with Gasteiger partial charge in [-0.05, 0) is 50.1 Å². The Kier molecular flexibility index (Phi) is 4.84. The summed E-state index contributed by atoms with van der Waals surface area (Å²) in [7, 11) is 0. The van der Waals surface area contributed by atoms with Crippen LogP contribution in [-0.2, 0) is 9.53 Å². The van der Waals surface area contributed by atoms with E-state index in [9.17, 15) is 4.79 Å². The van der Waals surface area contributed by atoms with Gasteiger partial charge in [-0.15, -0.1) is 0 Å². The maximum absolute atomic E-state index is 11.7. The van der Waals surface area contributed by atoms with Gasteiger partial charge in [0.1, 0.15) is 0 Å². The van der Waals surface area contributed by atoms with E-state index in [-0.39, 0.29) is 5.97 Å². The van der Waals surface area contributed by atoms with Crippen molar-refractivity contribution in [2.75, 3.05) is 19.7 Å². The molecule has 1 saturated carbocycles. The van der Waals surface area contributed by atoms with Crippen molar-refractivity contribution in [3.8, 4) is 0 Å². The van der Waals surface area contributed by atoms with E-state index >= 15 is 0 Å². The molecule has 3 unspecified atom stereocenters. The van der Waals surface area contributed by atoms with Crippen molar-refractivity contribution in [3.05, 3.63) is 0 Å². The molecule has 1 saturated heterocycles. The highest BCUT2D eigenvalue weighted by atomic mass is 16.5. The van der Waals surface area contributed by atoms with E-state index in [0.717, 1.165) is 25.4 Å². The summed E-state index contributed by atoms with van der Waals surface area (Å²) in [5.41, 5.74) is 0. The number of hydrogen-bond acceptors (Lipinski definition) is 3. The predicted octanol–water partition coefficient (Wildman–Crippen LogP) is 2.36. The Balaban J connectivity index is 1.61. The van der Waals surface area contributed by atoms with Crippen LogP contribution in [0, 0.1) is 17.8 Å². The van der Waals surface area contributed by atoms with Gasteiger partial charge in [0.2, 0.25) is 0 Å². The summed E-state index contributed by atoms with van der Waals surface area (Å²) in [5, 5.41) is 3.28. The first kappa shape index (κ1) is 12.9. The fraction of sp³-hybridized carbons (Fsp3) is 0.929. The highest BCUT2D eigenvalue weighted by molar-refractivity contribution is 5.69. The number of carbonyl (C=O) groups excluding carboxylic acids is 1. The maximum Gasteiger partial charge on any atom is 0.306 e. The molecule has 17 heavy (non-hydrogen) atoms. The van der Waals surface area contributed by atoms with Gasteiger partial charge in [-0.1, -0.05) is 19.8 Å². The molecule has 0 amide bonds. The molecule has 1 heterocycles. The van der Waals surface area contributed by atoms with Crippen LogP contribution >= 0.6 is 0 Å². The van der Waals surface area contributed by atoms with Gasteiger partial charge in [-0.25, -0.2) is 0 Å². The summed E-state index contributed by atoms with van der Waals surface area (Å²) in [6.07, 6.45) is 6.85. The average Bonchev–Trinajstić information content (AvgIpc) is 2.79. The molecule has 3 atom stereocenters. The Morgan fingerprint density at radius 2 is 2.18 bits per heavy atom. The summed E-state index contributed by atoms with van der Waals surface area (Å²) < 4.78 is 5.43. The fourth-order valence-electron chi connectivity index (χ4n) is 3.11. The third kappa shape index (κ3) is 4.30. The number of carbonyl (C=O) groups is 1. The van der Waals surface area contributed by atoms with Gasteiger partial charge < -0.3 is 10.1 Å². The van der Waals surface area contributed by atoms with E-state index in [4.69, 9.17) is 4.74 Å². The van der Waals surface area contributed by atoms with Gasteiger partial charge in [0, 0.05) is 6.42 Å². The third-order valence-corrected chi connectivity index (χ3v) is 4.14. The lowest BCUT2D eigenvalue weighted by Gasteiger charge is -2.26. The smallest absolute Gasteiger partial charge is 0.306 e. The Morgan fingerprint density at radius 3 is 2.88 bits per heavy atom. The molecule has 2 aliphatic rings. The van der Waals surface area contributed by atoms with Crippen LogP contribution in [0.1, 0.15) is 45.4 Å². The van der Waals surface area contributed by atoms with Gasteiger partial charge in [-0.2, -0.15) is 0 Å². The molecule has 0 aromatic rings. The molecule has 1 N–H and O–H groups in total. The zero-order chi connectivity index (χ0) is 12.1. The van der Waals surface area contributed by atoms with Crippen molar-refractivity contribution >= 4 is 5.97 Å². The van der Waals surface area contributed by atoms with E-state index in [1.165, 1.54) is 25.7 Å². The van der Waals surface area contributed by atoms with E-state index in [0.29, 0.717) is 24.9 Å². The molecular weight excluding hydrogens is 214 g/mol. The van der Waals surface area contributed by atoms with Crippen molar-refractivity contribution in [2.24, 2.45) is 17.8 Å². The molecule has 3 nitrogen and oxygen atoms in total. The van der Waals surface area contributed by atoms with E-state index in [1.807, 2.05) is 0 Å². The van der Waals surface area contributed by atoms with Crippen LogP contribution in [-0.4, -0.2) is 25.7 Å². The zero-order valence-corrected chi connectivity index (χ0v) is 10.9.